The van der Waals surface area contributed by atoms with Gasteiger partial charge >= 0.3 is 0 Å². The van der Waals surface area contributed by atoms with Crippen molar-refractivity contribution in [1.29, 1.82) is 0 Å². The van der Waals surface area contributed by atoms with Crippen LogP contribution in [0, 0.1) is 23.2 Å². The van der Waals surface area contributed by atoms with Gasteiger partial charge in [-0.2, -0.15) is 0 Å². The number of rotatable bonds is 6. The van der Waals surface area contributed by atoms with E-state index in [2.05, 4.69) is 34.0 Å². The third-order valence-corrected chi connectivity index (χ3v) is 7.80. The SMILES string of the molecule is CNC(=O)c1cc(Oc2ccc3c(c2)nc(NCC2CC[C@H]4C[C@@H]2C4(C)C)n3C)ccn1. The molecule has 168 valence electrons. The van der Waals surface area contributed by atoms with Gasteiger partial charge in [-0.05, 0) is 60.6 Å². The van der Waals surface area contributed by atoms with E-state index < -0.39 is 0 Å². The minimum absolute atomic E-state index is 0.245. The molecule has 1 aromatic carbocycles. The molecule has 1 amide bonds. The predicted molar refractivity (Wildman–Crippen MR) is 125 cm³/mol. The number of anilines is 1. The molecular weight excluding hydrogens is 402 g/mol. The molecule has 7 heteroatoms. The lowest BCUT2D eigenvalue weighted by Gasteiger charge is -2.60. The molecule has 2 N–H and O–H groups in total. The van der Waals surface area contributed by atoms with Gasteiger partial charge in [0.2, 0.25) is 5.95 Å². The third kappa shape index (κ3) is 3.49. The zero-order valence-corrected chi connectivity index (χ0v) is 19.2. The summed E-state index contributed by atoms with van der Waals surface area (Å²) in [5.41, 5.74) is 2.74. The molecule has 6 rings (SSSR count). The lowest BCUT2D eigenvalue weighted by molar-refractivity contribution is -0.100. The average Bonchev–Trinajstić information content (AvgIpc) is 3.12. The highest BCUT2D eigenvalue weighted by atomic mass is 16.5. The maximum Gasteiger partial charge on any atom is 0.269 e. The van der Waals surface area contributed by atoms with Crippen molar-refractivity contribution in [2.45, 2.75) is 33.1 Å². The first kappa shape index (κ1) is 20.8. The van der Waals surface area contributed by atoms with Crippen LogP contribution in [0.2, 0.25) is 0 Å². The number of aryl methyl sites for hydroxylation is 1. The lowest BCUT2D eigenvalue weighted by atomic mass is 9.45. The highest BCUT2D eigenvalue weighted by molar-refractivity contribution is 5.92. The Balaban J connectivity index is 1.31. The Kier molecular flexibility index (Phi) is 5.07. The number of ether oxygens (including phenoxy) is 1. The Morgan fingerprint density at radius 1 is 1.22 bits per heavy atom. The second-order valence-electron chi connectivity index (χ2n) is 9.78. The molecule has 3 aromatic rings. The van der Waals surface area contributed by atoms with Gasteiger partial charge in [0.15, 0.2) is 0 Å². The molecule has 3 fully saturated rings. The summed E-state index contributed by atoms with van der Waals surface area (Å²) < 4.78 is 8.08. The van der Waals surface area contributed by atoms with Crippen molar-refractivity contribution in [1.82, 2.24) is 19.9 Å². The molecule has 3 saturated carbocycles. The van der Waals surface area contributed by atoms with Gasteiger partial charge < -0.3 is 19.9 Å². The number of hydrogen-bond donors (Lipinski definition) is 2. The van der Waals surface area contributed by atoms with Gasteiger partial charge in [0, 0.05) is 39.0 Å². The summed E-state index contributed by atoms with van der Waals surface area (Å²) in [5, 5.41) is 6.19. The van der Waals surface area contributed by atoms with Crippen LogP contribution in [0.4, 0.5) is 5.95 Å². The van der Waals surface area contributed by atoms with Crippen LogP contribution in [0.3, 0.4) is 0 Å². The van der Waals surface area contributed by atoms with E-state index >= 15 is 0 Å². The van der Waals surface area contributed by atoms with Crippen LogP contribution in [0.5, 0.6) is 11.5 Å². The third-order valence-electron chi connectivity index (χ3n) is 7.80. The monoisotopic (exact) mass is 433 g/mol. The first-order valence-corrected chi connectivity index (χ1v) is 11.4. The number of aromatic nitrogens is 3. The largest absolute Gasteiger partial charge is 0.457 e. The maximum absolute atomic E-state index is 11.8. The fourth-order valence-electron chi connectivity index (χ4n) is 5.69. The smallest absolute Gasteiger partial charge is 0.269 e. The van der Waals surface area contributed by atoms with Crippen LogP contribution < -0.4 is 15.4 Å². The van der Waals surface area contributed by atoms with E-state index in [1.54, 1.807) is 25.4 Å². The molecule has 2 bridgehead atoms. The zero-order valence-electron chi connectivity index (χ0n) is 19.2. The Labute approximate surface area is 188 Å². The Morgan fingerprint density at radius 2 is 2.03 bits per heavy atom. The Hall–Kier alpha value is -3.09. The van der Waals surface area contributed by atoms with Crippen molar-refractivity contribution in [3.8, 4) is 11.5 Å². The minimum Gasteiger partial charge on any atom is -0.457 e. The fraction of sp³-hybridized carbons (Fsp3) is 0.480. The first-order chi connectivity index (χ1) is 15.4. The van der Waals surface area contributed by atoms with Crippen LogP contribution in [0.1, 0.15) is 43.6 Å². The van der Waals surface area contributed by atoms with Crippen molar-refractivity contribution in [3.05, 3.63) is 42.2 Å². The van der Waals surface area contributed by atoms with Crippen LogP contribution in [0.15, 0.2) is 36.5 Å². The zero-order chi connectivity index (χ0) is 22.5. The number of carbonyl (C=O) groups is 1. The molecule has 32 heavy (non-hydrogen) atoms. The fourth-order valence-corrected chi connectivity index (χ4v) is 5.69. The van der Waals surface area contributed by atoms with E-state index in [1.165, 1.54) is 19.3 Å². The van der Waals surface area contributed by atoms with Gasteiger partial charge in [-0.25, -0.2) is 4.98 Å². The van der Waals surface area contributed by atoms with Gasteiger partial charge in [0.1, 0.15) is 17.2 Å². The molecule has 0 aliphatic heterocycles. The number of imidazole rings is 1. The summed E-state index contributed by atoms with van der Waals surface area (Å²) >= 11 is 0. The van der Waals surface area contributed by atoms with Crippen LogP contribution in [-0.2, 0) is 7.05 Å². The molecule has 0 radical (unpaired) electrons. The number of benzene rings is 1. The lowest BCUT2D eigenvalue weighted by Crippen LogP contribution is -2.53. The van der Waals surface area contributed by atoms with E-state index in [-0.39, 0.29) is 5.91 Å². The average molecular weight is 434 g/mol. The van der Waals surface area contributed by atoms with E-state index in [1.807, 2.05) is 25.2 Å². The van der Waals surface area contributed by atoms with Crippen molar-refractivity contribution in [2.24, 2.45) is 30.2 Å². The van der Waals surface area contributed by atoms with Gasteiger partial charge in [-0.3, -0.25) is 9.78 Å². The standard InChI is InChI=1S/C25H31N5O2/c1-25(2)16-6-5-15(19(25)11-16)14-28-24-29-20-12-17(7-8-22(20)30(24)4)32-18-9-10-27-21(13-18)23(31)26-3/h7-10,12-13,15-16,19H,5-6,11,14H2,1-4H3,(H,26,31)(H,28,29)/t15?,16-,19-/m0/s1. The molecule has 3 aliphatic carbocycles. The van der Waals surface area contributed by atoms with E-state index in [4.69, 9.17) is 9.72 Å². The molecule has 3 aliphatic rings. The van der Waals surface area contributed by atoms with Crippen molar-refractivity contribution in [2.75, 3.05) is 18.9 Å². The quantitative estimate of drug-likeness (QED) is 0.594. The molecule has 1 unspecified atom stereocenters. The summed E-state index contributed by atoms with van der Waals surface area (Å²) in [6.45, 7) is 5.85. The van der Waals surface area contributed by atoms with E-state index in [0.29, 0.717) is 22.6 Å². The summed E-state index contributed by atoms with van der Waals surface area (Å²) in [6, 6.07) is 9.24. The summed E-state index contributed by atoms with van der Waals surface area (Å²) in [5.74, 6) is 4.34. The van der Waals surface area contributed by atoms with Crippen molar-refractivity contribution in [3.63, 3.8) is 0 Å². The maximum atomic E-state index is 11.8. The molecule has 2 aromatic heterocycles. The molecule has 0 saturated heterocycles. The predicted octanol–water partition coefficient (Wildman–Crippen LogP) is 4.60. The normalized spacial score (nSPS) is 23.4. The minimum atomic E-state index is -0.245. The van der Waals surface area contributed by atoms with Crippen molar-refractivity contribution >= 4 is 22.9 Å². The molecular formula is C25H31N5O2. The van der Waals surface area contributed by atoms with E-state index in [9.17, 15) is 4.79 Å². The number of amides is 1. The Bertz CT molecular complexity index is 1170. The van der Waals surface area contributed by atoms with Gasteiger partial charge in [0.05, 0.1) is 11.0 Å². The van der Waals surface area contributed by atoms with Crippen LogP contribution in [0.25, 0.3) is 11.0 Å². The second-order valence-corrected chi connectivity index (χ2v) is 9.78. The first-order valence-electron chi connectivity index (χ1n) is 11.4. The highest BCUT2D eigenvalue weighted by Gasteiger charge is 2.53. The van der Waals surface area contributed by atoms with Gasteiger partial charge in [-0.15, -0.1) is 0 Å². The summed E-state index contributed by atoms with van der Waals surface area (Å²) in [4.78, 5) is 20.7. The number of pyridine rings is 1. The van der Waals surface area contributed by atoms with E-state index in [0.717, 1.165) is 41.3 Å². The number of carbonyl (C=O) groups excluding carboxylic acids is 1. The topological polar surface area (TPSA) is 81.1 Å². The molecule has 2 heterocycles. The van der Waals surface area contributed by atoms with Gasteiger partial charge in [0.25, 0.3) is 5.91 Å². The number of fused-ring (bicyclic) bond motifs is 3. The second kappa shape index (κ2) is 7.80. The van der Waals surface area contributed by atoms with Gasteiger partial charge in [-0.1, -0.05) is 13.8 Å². The van der Waals surface area contributed by atoms with Crippen LogP contribution in [-0.4, -0.2) is 34.0 Å². The molecule has 3 atom stereocenters. The number of nitrogens with zero attached hydrogens (tertiary/aromatic N) is 3. The molecule has 0 spiro atoms. The number of nitrogens with one attached hydrogen (secondary N) is 2. The summed E-state index contributed by atoms with van der Waals surface area (Å²) in [6.07, 6.45) is 5.63. The van der Waals surface area contributed by atoms with Crippen molar-refractivity contribution < 1.29 is 9.53 Å². The van der Waals surface area contributed by atoms with Crippen LogP contribution >= 0.6 is 0 Å². The highest BCUT2D eigenvalue weighted by Crippen LogP contribution is 2.61. The number of hydrogen-bond acceptors (Lipinski definition) is 5. The molecule has 7 nitrogen and oxygen atoms in total. The summed E-state index contributed by atoms with van der Waals surface area (Å²) in [7, 11) is 3.62. The Morgan fingerprint density at radius 3 is 2.78 bits per heavy atom.